The van der Waals surface area contributed by atoms with Crippen molar-refractivity contribution in [1.29, 1.82) is 0 Å². The molecule has 2 aromatic rings. The summed E-state index contributed by atoms with van der Waals surface area (Å²) >= 11 is 0. The van der Waals surface area contributed by atoms with Crippen LogP contribution < -0.4 is 16.6 Å². The molecule has 0 aliphatic heterocycles. The zero-order valence-corrected chi connectivity index (χ0v) is 15.9. The van der Waals surface area contributed by atoms with Gasteiger partial charge in [-0.15, -0.1) is 0 Å². The van der Waals surface area contributed by atoms with Gasteiger partial charge < -0.3 is 5.32 Å². The minimum absolute atomic E-state index is 0.0381. The number of amides is 1. The van der Waals surface area contributed by atoms with Crippen molar-refractivity contribution in [3.8, 4) is 0 Å². The van der Waals surface area contributed by atoms with Gasteiger partial charge in [-0.3, -0.25) is 18.7 Å². The summed E-state index contributed by atoms with van der Waals surface area (Å²) in [7, 11) is 0. The van der Waals surface area contributed by atoms with Gasteiger partial charge in [-0.25, -0.2) is 4.79 Å². The number of nitrogens with one attached hydrogen (secondary N) is 1. The number of hydrogen-bond acceptors (Lipinski definition) is 3. The highest BCUT2D eigenvalue weighted by Crippen LogP contribution is 2.30. The molecule has 6 heteroatoms. The highest BCUT2D eigenvalue weighted by molar-refractivity contribution is 5.95. The summed E-state index contributed by atoms with van der Waals surface area (Å²) in [4.78, 5) is 38.2. The molecule has 0 radical (unpaired) electrons. The van der Waals surface area contributed by atoms with Crippen molar-refractivity contribution in [1.82, 2.24) is 9.13 Å². The van der Waals surface area contributed by atoms with Crippen LogP contribution in [-0.4, -0.2) is 15.0 Å². The Balaban J connectivity index is 1.71. The molecule has 144 valence electrons. The quantitative estimate of drug-likeness (QED) is 0.880. The zero-order chi connectivity index (χ0) is 19.0. The molecule has 0 saturated heterocycles. The number of aromatic nitrogens is 2. The smallest absolute Gasteiger partial charge is 0.326 e. The number of aryl methyl sites for hydroxylation is 1. The molecule has 1 N–H and O–H groups in total. The lowest BCUT2D eigenvalue weighted by atomic mass is 9.88. The second-order valence-corrected chi connectivity index (χ2v) is 7.94. The molecule has 1 heterocycles. The molecule has 0 bridgehead atoms. The average molecular weight is 369 g/mol. The van der Waals surface area contributed by atoms with E-state index in [0.717, 1.165) is 38.5 Å². The molecular formula is C21H27N3O3. The van der Waals surface area contributed by atoms with E-state index in [4.69, 9.17) is 0 Å². The Bertz CT molecular complexity index is 979. The number of rotatable bonds is 5. The van der Waals surface area contributed by atoms with Crippen molar-refractivity contribution >= 4 is 22.5 Å². The van der Waals surface area contributed by atoms with E-state index >= 15 is 0 Å². The minimum atomic E-state index is -0.250. The predicted octanol–water partition coefficient (Wildman–Crippen LogP) is 3.11. The van der Waals surface area contributed by atoms with Gasteiger partial charge in [0.2, 0.25) is 5.91 Å². The first-order chi connectivity index (χ1) is 13.1. The van der Waals surface area contributed by atoms with E-state index in [1.165, 1.54) is 11.0 Å². The molecule has 2 aliphatic carbocycles. The standard InChI is InChI=1S/C21H27N3O3/c1-2-23-18-11-10-16(22-19(25)15-6-4-3-5-7-15)12-17(18)20(26)24(21(23)27)13-14-8-9-14/h10-12,14-15H,2-9,13H2,1H3,(H,22,25). The highest BCUT2D eigenvalue weighted by Gasteiger charge is 2.25. The largest absolute Gasteiger partial charge is 0.331 e. The number of hydrogen-bond donors (Lipinski definition) is 1. The van der Waals surface area contributed by atoms with Crippen LogP contribution >= 0.6 is 0 Å². The van der Waals surface area contributed by atoms with Gasteiger partial charge in [0.05, 0.1) is 10.9 Å². The van der Waals surface area contributed by atoms with Crippen LogP contribution in [0.4, 0.5) is 5.69 Å². The average Bonchev–Trinajstić information content (AvgIpc) is 3.51. The molecule has 1 aromatic carbocycles. The van der Waals surface area contributed by atoms with Crippen LogP contribution in [0.2, 0.25) is 0 Å². The van der Waals surface area contributed by atoms with Crippen LogP contribution in [0.25, 0.3) is 10.9 Å². The van der Waals surface area contributed by atoms with E-state index < -0.39 is 0 Å². The summed E-state index contributed by atoms with van der Waals surface area (Å²) in [6.07, 6.45) is 7.43. The first-order valence-corrected chi connectivity index (χ1v) is 10.2. The Morgan fingerprint density at radius 1 is 1.07 bits per heavy atom. The molecule has 2 aliphatic rings. The van der Waals surface area contributed by atoms with E-state index in [1.807, 2.05) is 6.92 Å². The Hall–Kier alpha value is -2.37. The van der Waals surface area contributed by atoms with Gasteiger partial charge in [0.25, 0.3) is 5.56 Å². The van der Waals surface area contributed by atoms with E-state index in [0.29, 0.717) is 35.6 Å². The van der Waals surface area contributed by atoms with Crippen molar-refractivity contribution in [3.63, 3.8) is 0 Å². The van der Waals surface area contributed by atoms with Gasteiger partial charge in [0.15, 0.2) is 0 Å². The van der Waals surface area contributed by atoms with E-state index in [1.54, 1.807) is 22.8 Å². The monoisotopic (exact) mass is 369 g/mol. The maximum Gasteiger partial charge on any atom is 0.331 e. The lowest BCUT2D eigenvalue weighted by Gasteiger charge is -2.21. The second-order valence-electron chi connectivity index (χ2n) is 7.94. The first kappa shape index (κ1) is 18.0. The van der Waals surface area contributed by atoms with Crippen molar-refractivity contribution in [2.75, 3.05) is 5.32 Å². The van der Waals surface area contributed by atoms with Gasteiger partial charge in [0.1, 0.15) is 0 Å². The molecule has 2 saturated carbocycles. The maximum absolute atomic E-state index is 13.0. The molecule has 6 nitrogen and oxygen atoms in total. The molecule has 0 spiro atoms. The number of carbonyl (C=O) groups is 1. The van der Waals surface area contributed by atoms with Crippen molar-refractivity contribution in [3.05, 3.63) is 39.0 Å². The van der Waals surface area contributed by atoms with E-state index in [9.17, 15) is 14.4 Å². The lowest BCUT2D eigenvalue weighted by Crippen LogP contribution is -2.40. The molecular weight excluding hydrogens is 342 g/mol. The van der Waals surface area contributed by atoms with Crippen molar-refractivity contribution in [2.45, 2.75) is 65.0 Å². The number of fused-ring (bicyclic) bond motifs is 1. The molecule has 2 fully saturated rings. The van der Waals surface area contributed by atoms with Gasteiger partial charge in [0, 0.05) is 24.7 Å². The molecule has 0 unspecified atom stereocenters. The summed E-state index contributed by atoms with van der Waals surface area (Å²) in [5.41, 5.74) is 0.783. The number of nitrogens with zero attached hydrogens (tertiary/aromatic N) is 2. The molecule has 1 aromatic heterocycles. The zero-order valence-electron chi connectivity index (χ0n) is 15.9. The van der Waals surface area contributed by atoms with Gasteiger partial charge in [-0.1, -0.05) is 19.3 Å². The van der Waals surface area contributed by atoms with Crippen molar-refractivity contribution < 1.29 is 4.79 Å². The van der Waals surface area contributed by atoms with Crippen LogP contribution in [0.15, 0.2) is 27.8 Å². The van der Waals surface area contributed by atoms with Crippen LogP contribution in [-0.2, 0) is 17.9 Å². The maximum atomic E-state index is 13.0. The third-order valence-electron chi connectivity index (χ3n) is 5.92. The summed E-state index contributed by atoms with van der Waals surface area (Å²) in [5.74, 6) is 0.536. The Kier molecular flexibility index (Phi) is 4.89. The highest BCUT2D eigenvalue weighted by atomic mass is 16.2. The third-order valence-corrected chi connectivity index (χ3v) is 5.92. The molecule has 4 rings (SSSR count). The molecule has 27 heavy (non-hydrogen) atoms. The summed E-state index contributed by atoms with van der Waals surface area (Å²) < 4.78 is 3.02. The van der Waals surface area contributed by atoms with E-state index in [2.05, 4.69) is 5.32 Å². The van der Waals surface area contributed by atoms with Crippen molar-refractivity contribution in [2.24, 2.45) is 11.8 Å². The SMILES string of the molecule is CCn1c(=O)n(CC2CC2)c(=O)c2cc(NC(=O)C3CCCCC3)ccc21. The second kappa shape index (κ2) is 7.33. The fourth-order valence-corrected chi connectivity index (χ4v) is 4.14. The van der Waals surface area contributed by atoms with Crippen LogP contribution in [0.3, 0.4) is 0 Å². The fourth-order valence-electron chi connectivity index (χ4n) is 4.14. The number of carbonyl (C=O) groups excluding carboxylic acids is 1. The van der Waals surface area contributed by atoms with E-state index in [-0.39, 0.29) is 23.1 Å². The number of benzene rings is 1. The van der Waals surface area contributed by atoms with Crippen LogP contribution in [0, 0.1) is 11.8 Å². The normalized spacial score (nSPS) is 18.0. The summed E-state index contributed by atoms with van der Waals surface area (Å²) in [5, 5.41) is 3.48. The summed E-state index contributed by atoms with van der Waals surface area (Å²) in [6.45, 7) is 2.91. The Morgan fingerprint density at radius 2 is 1.81 bits per heavy atom. The van der Waals surface area contributed by atoms with Gasteiger partial charge in [-0.05, 0) is 56.7 Å². The molecule has 0 atom stereocenters. The minimum Gasteiger partial charge on any atom is -0.326 e. The van der Waals surface area contributed by atoms with Gasteiger partial charge in [-0.2, -0.15) is 0 Å². The number of anilines is 1. The first-order valence-electron chi connectivity index (χ1n) is 10.2. The summed E-state index contributed by atoms with van der Waals surface area (Å²) in [6, 6.07) is 5.30. The van der Waals surface area contributed by atoms with Crippen LogP contribution in [0.5, 0.6) is 0 Å². The molecule has 1 amide bonds. The van der Waals surface area contributed by atoms with Crippen LogP contribution in [0.1, 0.15) is 51.9 Å². The lowest BCUT2D eigenvalue weighted by molar-refractivity contribution is -0.120. The predicted molar refractivity (Wildman–Crippen MR) is 106 cm³/mol. The Labute approximate surface area is 158 Å². The topological polar surface area (TPSA) is 73.1 Å². The Morgan fingerprint density at radius 3 is 2.48 bits per heavy atom. The van der Waals surface area contributed by atoms with Gasteiger partial charge >= 0.3 is 5.69 Å². The third kappa shape index (κ3) is 3.57. The fraction of sp³-hybridized carbons (Fsp3) is 0.571.